The van der Waals surface area contributed by atoms with Crippen molar-refractivity contribution in [2.24, 2.45) is 0 Å². The maximum atomic E-state index is 4.20. The average Bonchev–Trinajstić information content (AvgIpc) is 2.48. The normalized spacial score (nSPS) is 10.5. The van der Waals surface area contributed by atoms with Crippen molar-refractivity contribution < 1.29 is 0 Å². The number of thiophene rings is 1. The molecule has 0 aromatic carbocycles. The molecule has 2 aromatic heterocycles. The summed E-state index contributed by atoms with van der Waals surface area (Å²) in [5.41, 5.74) is 0. The second kappa shape index (κ2) is 3.29. The van der Waals surface area contributed by atoms with E-state index in [1.165, 1.54) is 4.70 Å². The van der Waals surface area contributed by atoms with Crippen LogP contribution in [0.4, 0.5) is 5.82 Å². The van der Waals surface area contributed by atoms with Gasteiger partial charge in [0.15, 0.2) is 0 Å². The van der Waals surface area contributed by atoms with Gasteiger partial charge in [-0.3, -0.25) is 0 Å². The van der Waals surface area contributed by atoms with Gasteiger partial charge in [-0.15, -0.1) is 11.3 Å². The third-order valence-corrected chi connectivity index (χ3v) is 3.73. The molecular weight excluding hydrogens is 255 g/mol. The van der Waals surface area contributed by atoms with E-state index in [1.807, 2.05) is 6.07 Å². The third-order valence-electron chi connectivity index (χ3n) is 1.58. The lowest BCUT2D eigenvalue weighted by atomic mass is 10.3. The summed E-state index contributed by atoms with van der Waals surface area (Å²) in [4.78, 5) is 4.20. The fraction of sp³-hybridized carbons (Fsp3) is 0. The molecule has 2 rings (SSSR count). The molecule has 0 aliphatic heterocycles. The molecule has 62 valence electrons. The zero-order valence-corrected chi connectivity index (χ0v) is 9.60. The maximum absolute atomic E-state index is 4.20. The Morgan fingerprint density at radius 2 is 2.42 bits per heavy atom. The van der Waals surface area contributed by atoms with Crippen molar-refractivity contribution in [2.45, 2.75) is 0 Å². The SMILES string of the molecule is PNc1nccc2scc(Br)c12. The van der Waals surface area contributed by atoms with Gasteiger partial charge in [0, 0.05) is 26.1 Å². The van der Waals surface area contributed by atoms with Crippen LogP contribution in [0.1, 0.15) is 0 Å². The Labute approximate surface area is 84.8 Å². The molecule has 2 nitrogen and oxygen atoms in total. The standard InChI is InChI=1S/C7H6BrN2PS/c8-4-3-12-5-1-2-9-7(10-11)6(4)5/h1-3H,11H2,(H,9,10). The molecule has 2 heterocycles. The Kier molecular flexibility index (Phi) is 2.31. The predicted molar refractivity (Wildman–Crippen MR) is 60.7 cm³/mol. The van der Waals surface area contributed by atoms with E-state index in [9.17, 15) is 0 Å². The van der Waals surface area contributed by atoms with Gasteiger partial charge in [-0.2, -0.15) is 0 Å². The van der Waals surface area contributed by atoms with Crippen LogP contribution in [0.25, 0.3) is 10.1 Å². The van der Waals surface area contributed by atoms with Crippen molar-refractivity contribution in [1.29, 1.82) is 0 Å². The lowest BCUT2D eigenvalue weighted by molar-refractivity contribution is 1.37. The highest BCUT2D eigenvalue weighted by molar-refractivity contribution is 9.10. The Balaban J connectivity index is 2.84. The van der Waals surface area contributed by atoms with Gasteiger partial charge in [0.1, 0.15) is 5.82 Å². The first-order valence-electron chi connectivity index (χ1n) is 3.31. The molecule has 0 aliphatic carbocycles. The molecule has 0 saturated carbocycles. The van der Waals surface area contributed by atoms with Crippen LogP contribution in [-0.2, 0) is 0 Å². The van der Waals surface area contributed by atoms with Crippen molar-refractivity contribution in [3.05, 3.63) is 22.1 Å². The number of nitrogens with one attached hydrogen (secondary N) is 1. The summed E-state index contributed by atoms with van der Waals surface area (Å²) >= 11 is 5.19. The number of pyridine rings is 1. The lowest BCUT2D eigenvalue weighted by Gasteiger charge is -1.99. The van der Waals surface area contributed by atoms with E-state index in [0.29, 0.717) is 0 Å². The zero-order chi connectivity index (χ0) is 8.55. The van der Waals surface area contributed by atoms with Gasteiger partial charge >= 0.3 is 0 Å². The minimum Gasteiger partial charge on any atom is -0.354 e. The lowest BCUT2D eigenvalue weighted by Crippen LogP contribution is -1.84. The Morgan fingerprint density at radius 1 is 1.58 bits per heavy atom. The predicted octanol–water partition coefficient (Wildman–Crippen LogP) is 3.26. The van der Waals surface area contributed by atoms with E-state index in [1.54, 1.807) is 17.5 Å². The number of aromatic nitrogens is 1. The highest BCUT2D eigenvalue weighted by Crippen LogP contribution is 2.34. The first-order valence-corrected chi connectivity index (χ1v) is 5.56. The minimum absolute atomic E-state index is 0.894. The average molecular weight is 261 g/mol. The molecule has 1 atom stereocenters. The first-order chi connectivity index (χ1) is 5.83. The van der Waals surface area contributed by atoms with Crippen molar-refractivity contribution in [3.8, 4) is 0 Å². The van der Waals surface area contributed by atoms with Crippen molar-refractivity contribution >= 4 is 52.6 Å². The third kappa shape index (κ3) is 1.24. The van der Waals surface area contributed by atoms with Gasteiger partial charge in [0.2, 0.25) is 0 Å². The zero-order valence-electron chi connectivity index (χ0n) is 6.04. The van der Waals surface area contributed by atoms with Gasteiger partial charge < -0.3 is 5.09 Å². The number of halogens is 1. The van der Waals surface area contributed by atoms with Gasteiger partial charge in [-0.1, -0.05) is 0 Å². The molecular formula is C7H6BrN2PS. The number of nitrogens with zero attached hydrogens (tertiary/aromatic N) is 1. The van der Waals surface area contributed by atoms with Crippen LogP contribution in [0.5, 0.6) is 0 Å². The van der Waals surface area contributed by atoms with Crippen LogP contribution in [0.2, 0.25) is 0 Å². The van der Waals surface area contributed by atoms with E-state index in [2.05, 4.69) is 40.8 Å². The fourth-order valence-corrected chi connectivity index (χ4v) is 2.90. The molecule has 12 heavy (non-hydrogen) atoms. The Morgan fingerprint density at radius 3 is 3.17 bits per heavy atom. The fourth-order valence-electron chi connectivity index (χ4n) is 1.06. The summed E-state index contributed by atoms with van der Waals surface area (Å²) in [6, 6.07) is 2.01. The molecule has 0 fully saturated rings. The molecule has 1 N–H and O–H groups in total. The summed E-state index contributed by atoms with van der Waals surface area (Å²) in [6.45, 7) is 0. The Hall–Kier alpha value is -0.180. The van der Waals surface area contributed by atoms with Crippen molar-refractivity contribution in [2.75, 3.05) is 5.09 Å². The van der Waals surface area contributed by atoms with Crippen LogP contribution in [0, 0.1) is 0 Å². The summed E-state index contributed by atoms with van der Waals surface area (Å²) < 4.78 is 2.34. The number of rotatable bonds is 1. The molecule has 1 unspecified atom stereocenters. The largest absolute Gasteiger partial charge is 0.354 e. The molecule has 0 saturated heterocycles. The van der Waals surface area contributed by atoms with E-state index in [-0.39, 0.29) is 0 Å². The summed E-state index contributed by atoms with van der Waals surface area (Å²) in [5, 5.41) is 6.20. The topological polar surface area (TPSA) is 24.9 Å². The van der Waals surface area contributed by atoms with Gasteiger partial charge in [-0.25, -0.2) is 4.98 Å². The van der Waals surface area contributed by atoms with E-state index in [0.717, 1.165) is 15.7 Å². The van der Waals surface area contributed by atoms with Crippen LogP contribution < -0.4 is 5.09 Å². The smallest absolute Gasteiger partial charge is 0.138 e. The highest BCUT2D eigenvalue weighted by Gasteiger charge is 2.05. The molecule has 0 amide bonds. The van der Waals surface area contributed by atoms with Crippen LogP contribution in [0.15, 0.2) is 22.1 Å². The molecule has 2 aromatic rings. The molecule has 0 spiro atoms. The summed E-state index contributed by atoms with van der Waals surface area (Å²) in [5.74, 6) is 0.894. The van der Waals surface area contributed by atoms with Crippen molar-refractivity contribution in [3.63, 3.8) is 0 Å². The summed E-state index contributed by atoms with van der Waals surface area (Å²) in [6.07, 6.45) is 1.80. The first kappa shape index (κ1) is 8.42. The molecule has 0 bridgehead atoms. The summed E-state index contributed by atoms with van der Waals surface area (Å²) in [7, 11) is 2.45. The number of anilines is 1. The van der Waals surface area contributed by atoms with Gasteiger partial charge in [0.25, 0.3) is 0 Å². The molecule has 0 aliphatic rings. The van der Waals surface area contributed by atoms with Crippen molar-refractivity contribution in [1.82, 2.24) is 4.98 Å². The number of hydrogen-bond acceptors (Lipinski definition) is 3. The Bertz CT molecular complexity index is 415. The maximum Gasteiger partial charge on any atom is 0.138 e. The highest BCUT2D eigenvalue weighted by atomic mass is 79.9. The molecule has 0 radical (unpaired) electrons. The monoisotopic (exact) mass is 260 g/mol. The molecule has 5 heteroatoms. The van der Waals surface area contributed by atoms with Crippen LogP contribution >= 0.6 is 36.7 Å². The van der Waals surface area contributed by atoms with E-state index >= 15 is 0 Å². The second-order valence-electron chi connectivity index (χ2n) is 2.26. The minimum atomic E-state index is 0.894. The number of fused-ring (bicyclic) bond motifs is 1. The second-order valence-corrected chi connectivity index (χ2v) is 4.31. The van der Waals surface area contributed by atoms with Gasteiger partial charge in [0.05, 0.1) is 0 Å². The van der Waals surface area contributed by atoms with Crippen LogP contribution in [0.3, 0.4) is 0 Å². The number of hydrogen-bond donors (Lipinski definition) is 1. The van der Waals surface area contributed by atoms with E-state index in [4.69, 9.17) is 0 Å². The quantitative estimate of drug-likeness (QED) is 0.797. The van der Waals surface area contributed by atoms with Gasteiger partial charge in [-0.05, 0) is 31.4 Å². The van der Waals surface area contributed by atoms with Crippen LogP contribution in [-0.4, -0.2) is 4.98 Å². The van der Waals surface area contributed by atoms with E-state index < -0.39 is 0 Å².